The van der Waals surface area contributed by atoms with E-state index in [9.17, 15) is 0 Å². The minimum atomic E-state index is 0.472. The topological polar surface area (TPSA) is 29.9 Å². The molecule has 1 N–H and O–H groups in total. The van der Waals surface area contributed by atoms with Crippen LogP contribution < -0.4 is 5.32 Å². The minimum absolute atomic E-state index is 0.472. The van der Waals surface area contributed by atoms with Gasteiger partial charge in [0.2, 0.25) is 0 Å². The molecule has 1 aliphatic carbocycles. The molecule has 0 saturated heterocycles. The average Bonchev–Trinajstić information content (AvgIpc) is 2.82. The molecule has 3 nitrogen and oxygen atoms in total. The second-order valence-electron chi connectivity index (χ2n) is 4.36. The summed E-state index contributed by atoms with van der Waals surface area (Å²) in [6.07, 6.45) is 5.84. The molecule has 0 bridgehead atoms. The van der Waals surface area contributed by atoms with E-state index in [0.29, 0.717) is 6.04 Å². The lowest BCUT2D eigenvalue weighted by Crippen LogP contribution is -2.19. The van der Waals surface area contributed by atoms with Crippen LogP contribution in [0, 0.1) is 0 Å². The number of rotatable bonds is 5. The summed E-state index contributed by atoms with van der Waals surface area (Å²) in [6.45, 7) is 5.37. The van der Waals surface area contributed by atoms with Crippen molar-refractivity contribution in [2.24, 2.45) is 0 Å². The Kier molecular flexibility index (Phi) is 2.87. The first-order valence-electron chi connectivity index (χ1n) is 5.53. The van der Waals surface area contributed by atoms with Crippen molar-refractivity contribution < 1.29 is 0 Å². The van der Waals surface area contributed by atoms with Crippen LogP contribution in [0.1, 0.15) is 38.4 Å². The summed E-state index contributed by atoms with van der Waals surface area (Å²) in [5.41, 5.74) is 1.20. The second kappa shape index (κ2) is 4.13. The summed E-state index contributed by atoms with van der Waals surface area (Å²) in [5, 5.41) is 8.00. The molecule has 0 atom stereocenters. The standard InChI is InChI=1S/C11H19N3/c1-9(2)14-8-6-11(13-14)5-7-12-10-3-4-10/h6,8-10,12H,3-5,7H2,1-2H3. The fourth-order valence-electron chi connectivity index (χ4n) is 1.49. The highest BCUT2D eigenvalue weighted by molar-refractivity contribution is 5.00. The number of nitrogens with zero attached hydrogens (tertiary/aromatic N) is 2. The third-order valence-electron chi connectivity index (χ3n) is 2.58. The monoisotopic (exact) mass is 193 g/mol. The van der Waals surface area contributed by atoms with Gasteiger partial charge in [0, 0.05) is 31.2 Å². The van der Waals surface area contributed by atoms with Gasteiger partial charge >= 0.3 is 0 Å². The lowest BCUT2D eigenvalue weighted by atomic mass is 10.3. The number of nitrogens with one attached hydrogen (secondary N) is 1. The molecule has 1 fully saturated rings. The Morgan fingerprint density at radius 3 is 2.93 bits per heavy atom. The van der Waals surface area contributed by atoms with Gasteiger partial charge in [-0.2, -0.15) is 5.10 Å². The molecule has 0 aromatic carbocycles. The number of hydrogen-bond acceptors (Lipinski definition) is 2. The van der Waals surface area contributed by atoms with E-state index in [2.05, 4.69) is 36.5 Å². The highest BCUT2D eigenvalue weighted by Gasteiger charge is 2.19. The zero-order valence-corrected chi connectivity index (χ0v) is 9.03. The van der Waals surface area contributed by atoms with Gasteiger partial charge in [0.1, 0.15) is 0 Å². The SMILES string of the molecule is CC(C)n1ccc(CCNC2CC2)n1. The minimum Gasteiger partial charge on any atom is -0.314 e. The quantitative estimate of drug-likeness (QED) is 0.772. The lowest BCUT2D eigenvalue weighted by Gasteiger charge is -2.04. The van der Waals surface area contributed by atoms with E-state index in [4.69, 9.17) is 0 Å². The van der Waals surface area contributed by atoms with Crippen LogP contribution in [0.2, 0.25) is 0 Å². The molecule has 1 heterocycles. The predicted octanol–water partition coefficient (Wildman–Crippen LogP) is 1.76. The van der Waals surface area contributed by atoms with Crippen LogP contribution in [0.5, 0.6) is 0 Å². The summed E-state index contributed by atoms with van der Waals surface area (Å²) in [4.78, 5) is 0. The predicted molar refractivity (Wildman–Crippen MR) is 57.3 cm³/mol. The summed E-state index contributed by atoms with van der Waals surface area (Å²) in [7, 11) is 0. The Morgan fingerprint density at radius 2 is 2.36 bits per heavy atom. The first kappa shape index (κ1) is 9.71. The van der Waals surface area contributed by atoms with Gasteiger partial charge in [-0.25, -0.2) is 0 Å². The second-order valence-corrected chi connectivity index (χ2v) is 4.36. The first-order valence-corrected chi connectivity index (χ1v) is 5.53. The maximum absolute atomic E-state index is 4.50. The van der Waals surface area contributed by atoms with Gasteiger partial charge < -0.3 is 5.32 Å². The Labute approximate surface area is 85.5 Å². The van der Waals surface area contributed by atoms with Crippen LogP contribution in [0.3, 0.4) is 0 Å². The molecule has 1 aliphatic rings. The van der Waals surface area contributed by atoms with Crippen molar-refractivity contribution in [3.05, 3.63) is 18.0 Å². The Morgan fingerprint density at radius 1 is 1.57 bits per heavy atom. The highest BCUT2D eigenvalue weighted by Crippen LogP contribution is 2.18. The van der Waals surface area contributed by atoms with Crippen LogP contribution in [-0.2, 0) is 6.42 Å². The molecule has 1 saturated carbocycles. The molecular weight excluding hydrogens is 174 g/mol. The zero-order chi connectivity index (χ0) is 9.97. The molecular formula is C11H19N3. The number of aromatic nitrogens is 2. The molecule has 3 heteroatoms. The van der Waals surface area contributed by atoms with E-state index in [0.717, 1.165) is 19.0 Å². The molecule has 0 unspecified atom stereocenters. The maximum Gasteiger partial charge on any atom is 0.0637 e. The van der Waals surface area contributed by atoms with Crippen molar-refractivity contribution in [3.63, 3.8) is 0 Å². The lowest BCUT2D eigenvalue weighted by molar-refractivity contribution is 0.524. The van der Waals surface area contributed by atoms with Crippen molar-refractivity contribution in [1.82, 2.24) is 15.1 Å². The van der Waals surface area contributed by atoms with Crippen molar-refractivity contribution in [1.29, 1.82) is 0 Å². The Hall–Kier alpha value is -0.830. The van der Waals surface area contributed by atoms with E-state index < -0.39 is 0 Å². The van der Waals surface area contributed by atoms with Gasteiger partial charge in [0.15, 0.2) is 0 Å². The zero-order valence-electron chi connectivity index (χ0n) is 9.03. The molecule has 1 aromatic heterocycles. The Balaban J connectivity index is 1.77. The van der Waals surface area contributed by atoms with Crippen LogP contribution in [0.4, 0.5) is 0 Å². The van der Waals surface area contributed by atoms with Crippen molar-refractivity contribution in [2.75, 3.05) is 6.54 Å². The van der Waals surface area contributed by atoms with Crippen LogP contribution in [0.15, 0.2) is 12.3 Å². The normalized spacial score (nSPS) is 16.5. The van der Waals surface area contributed by atoms with Gasteiger partial charge in [-0.3, -0.25) is 4.68 Å². The molecule has 0 amide bonds. The van der Waals surface area contributed by atoms with Crippen LogP contribution in [-0.4, -0.2) is 22.4 Å². The van der Waals surface area contributed by atoms with E-state index in [1.807, 2.05) is 4.68 Å². The van der Waals surface area contributed by atoms with Crippen molar-refractivity contribution >= 4 is 0 Å². The van der Waals surface area contributed by atoms with Crippen LogP contribution in [0.25, 0.3) is 0 Å². The molecule has 0 radical (unpaired) electrons. The Bertz CT molecular complexity index is 286. The van der Waals surface area contributed by atoms with Gasteiger partial charge in [0.05, 0.1) is 5.69 Å². The summed E-state index contributed by atoms with van der Waals surface area (Å²) in [6, 6.07) is 3.40. The maximum atomic E-state index is 4.50. The fraction of sp³-hybridized carbons (Fsp3) is 0.727. The summed E-state index contributed by atoms with van der Waals surface area (Å²) in [5.74, 6) is 0. The fourth-order valence-corrected chi connectivity index (χ4v) is 1.49. The smallest absolute Gasteiger partial charge is 0.0637 e. The molecule has 1 aromatic rings. The summed E-state index contributed by atoms with van der Waals surface area (Å²) >= 11 is 0. The summed E-state index contributed by atoms with van der Waals surface area (Å²) < 4.78 is 2.02. The third kappa shape index (κ3) is 2.58. The van der Waals surface area contributed by atoms with E-state index in [1.165, 1.54) is 18.5 Å². The molecule has 0 spiro atoms. The molecule has 2 rings (SSSR count). The van der Waals surface area contributed by atoms with Crippen molar-refractivity contribution in [3.8, 4) is 0 Å². The van der Waals surface area contributed by atoms with Gasteiger partial charge in [0.25, 0.3) is 0 Å². The largest absolute Gasteiger partial charge is 0.314 e. The third-order valence-corrected chi connectivity index (χ3v) is 2.58. The number of hydrogen-bond donors (Lipinski definition) is 1. The van der Waals surface area contributed by atoms with Crippen LogP contribution >= 0.6 is 0 Å². The van der Waals surface area contributed by atoms with E-state index in [1.54, 1.807) is 0 Å². The average molecular weight is 193 g/mol. The molecule has 0 aliphatic heterocycles. The van der Waals surface area contributed by atoms with Gasteiger partial charge in [-0.15, -0.1) is 0 Å². The molecule has 14 heavy (non-hydrogen) atoms. The van der Waals surface area contributed by atoms with E-state index >= 15 is 0 Å². The molecule has 78 valence electrons. The highest BCUT2D eigenvalue weighted by atomic mass is 15.3. The van der Waals surface area contributed by atoms with Gasteiger partial charge in [-0.1, -0.05) is 0 Å². The van der Waals surface area contributed by atoms with Gasteiger partial charge in [-0.05, 0) is 32.8 Å². The first-order chi connectivity index (χ1) is 6.75. The van der Waals surface area contributed by atoms with E-state index in [-0.39, 0.29) is 0 Å². The van der Waals surface area contributed by atoms with Crippen molar-refractivity contribution in [2.45, 2.75) is 45.2 Å².